The Labute approximate surface area is 231 Å². The van der Waals surface area contributed by atoms with E-state index in [2.05, 4.69) is 82.5 Å². The Morgan fingerprint density at radius 3 is 2.24 bits per heavy atom. The van der Waals surface area contributed by atoms with Crippen LogP contribution in [0.1, 0.15) is 87.0 Å². The Morgan fingerprint density at radius 2 is 1.55 bits per heavy atom. The van der Waals surface area contributed by atoms with Gasteiger partial charge < -0.3 is 14.5 Å². The molecule has 0 aliphatic heterocycles. The molecule has 0 saturated carbocycles. The van der Waals surface area contributed by atoms with E-state index >= 15 is 0 Å². The summed E-state index contributed by atoms with van der Waals surface area (Å²) in [6.07, 6.45) is 3.19. The van der Waals surface area contributed by atoms with Crippen molar-refractivity contribution in [2.24, 2.45) is 5.92 Å². The van der Waals surface area contributed by atoms with E-state index in [4.69, 9.17) is 4.74 Å². The zero-order valence-electron chi connectivity index (χ0n) is 24.8. The van der Waals surface area contributed by atoms with Crippen LogP contribution in [0.3, 0.4) is 0 Å². The lowest BCUT2D eigenvalue weighted by Crippen LogP contribution is -2.35. The first-order chi connectivity index (χ1) is 18.2. The van der Waals surface area contributed by atoms with E-state index in [1.165, 1.54) is 16.7 Å². The van der Waals surface area contributed by atoms with Crippen molar-refractivity contribution in [2.45, 2.75) is 73.1 Å². The third-order valence-corrected chi connectivity index (χ3v) is 9.04. The Kier molecular flexibility index (Phi) is 9.15. The summed E-state index contributed by atoms with van der Waals surface area (Å²) in [6, 6.07) is 12.8. The van der Waals surface area contributed by atoms with Gasteiger partial charge in [-0.25, -0.2) is 0 Å². The number of carbonyl (C=O) groups excluding carboxylic acids is 1. The summed E-state index contributed by atoms with van der Waals surface area (Å²) < 4.78 is 6.22. The second-order valence-corrected chi connectivity index (χ2v) is 11.5. The van der Waals surface area contributed by atoms with Gasteiger partial charge in [-0.1, -0.05) is 65.3 Å². The van der Waals surface area contributed by atoms with Gasteiger partial charge in [-0.15, -0.1) is 0 Å². The lowest BCUT2D eigenvalue weighted by Gasteiger charge is -2.40. The summed E-state index contributed by atoms with van der Waals surface area (Å²) in [6.45, 7) is 22.5. The normalized spacial score (nSPS) is 18.3. The van der Waals surface area contributed by atoms with Gasteiger partial charge in [0.1, 0.15) is 12.4 Å². The maximum atomic E-state index is 14.3. The van der Waals surface area contributed by atoms with Crippen molar-refractivity contribution in [1.82, 2.24) is 9.80 Å². The highest BCUT2D eigenvalue weighted by Gasteiger charge is 2.44. The van der Waals surface area contributed by atoms with E-state index in [1.807, 2.05) is 12.1 Å². The van der Waals surface area contributed by atoms with Gasteiger partial charge in [0.05, 0.1) is 0 Å². The first-order valence-electron chi connectivity index (χ1n) is 14.9. The average Bonchev–Trinajstić information content (AvgIpc) is 3.08. The molecule has 0 heterocycles. The number of rotatable bonds is 11. The highest BCUT2D eigenvalue weighted by atomic mass is 16.5. The molecule has 38 heavy (non-hydrogen) atoms. The highest BCUT2D eigenvalue weighted by Crippen LogP contribution is 2.51. The second kappa shape index (κ2) is 12.2. The van der Waals surface area contributed by atoms with Crippen LogP contribution in [0.15, 0.2) is 42.0 Å². The number of nitrogens with zero attached hydrogens (tertiary/aromatic N) is 2. The number of hydrogen-bond donors (Lipinski definition) is 0. The van der Waals surface area contributed by atoms with Gasteiger partial charge in [-0.2, -0.15) is 0 Å². The smallest absolute Gasteiger partial charge is 0.193 e. The number of hydrogen-bond acceptors (Lipinski definition) is 4. The van der Waals surface area contributed by atoms with Gasteiger partial charge in [-0.05, 0) is 105 Å². The fourth-order valence-electron chi connectivity index (χ4n) is 6.67. The van der Waals surface area contributed by atoms with E-state index in [-0.39, 0.29) is 11.2 Å². The topological polar surface area (TPSA) is 32.8 Å². The largest absolute Gasteiger partial charge is 0.492 e. The van der Waals surface area contributed by atoms with E-state index < -0.39 is 0 Å². The zero-order chi connectivity index (χ0) is 27.4. The summed E-state index contributed by atoms with van der Waals surface area (Å²) >= 11 is 0. The minimum Gasteiger partial charge on any atom is -0.492 e. The summed E-state index contributed by atoms with van der Waals surface area (Å²) in [5, 5.41) is 0. The third-order valence-electron chi connectivity index (χ3n) is 9.04. The van der Waals surface area contributed by atoms with Crippen molar-refractivity contribution in [3.63, 3.8) is 0 Å². The molecule has 0 N–H and O–H groups in total. The molecular weight excluding hydrogens is 468 g/mol. The molecule has 0 bridgehead atoms. The van der Waals surface area contributed by atoms with Crippen LogP contribution in [0.25, 0.3) is 5.57 Å². The Bertz CT molecular complexity index is 1170. The summed E-state index contributed by atoms with van der Waals surface area (Å²) in [7, 11) is 0. The molecule has 2 aromatic carbocycles. The molecule has 206 valence electrons. The molecule has 1 atom stereocenters. The number of benzene rings is 2. The minimum absolute atomic E-state index is 0.184. The molecule has 4 nitrogen and oxygen atoms in total. The Balaban J connectivity index is 1.76. The van der Waals surface area contributed by atoms with Crippen LogP contribution >= 0.6 is 0 Å². The molecule has 4 rings (SSSR count). The van der Waals surface area contributed by atoms with E-state index in [1.54, 1.807) is 0 Å². The fraction of sp³-hybridized carbons (Fsp3) is 0.559. The standard InChI is InChI=1S/C34H48N2O2/c1-8-35(9-2)19-18-25-13-14-26-22-24(5)12-16-28(26)31-32(25)34(6,7)30-23-27(15-17-29(30)33(31)37)38-21-20-36(10-3)11-4/h12,15-17,22-23,25H,8-11,13-14,18-21H2,1-7H3. The van der Waals surface area contributed by atoms with Gasteiger partial charge in [0.15, 0.2) is 5.78 Å². The van der Waals surface area contributed by atoms with Gasteiger partial charge in [0, 0.05) is 23.1 Å². The van der Waals surface area contributed by atoms with Crippen molar-refractivity contribution in [3.05, 3.63) is 69.8 Å². The van der Waals surface area contributed by atoms with Gasteiger partial charge in [-0.3, -0.25) is 4.79 Å². The lowest BCUT2D eigenvalue weighted by molar-refractivity contribution is 0.104. The molecule has 2 aromatic rings. The monoisotopic (exact) mass is 516 g/mol. The first kappa shape index (κ1) is 28.6. The summed E-state index contributed by atoms with van der Waals surface area (Å²) in [4.78, 5) is 19.2. The molecule has 0 fully saturated rings. The maximum Gasteiger partial charge on any atom is 0.193 e. The Hall–Kier alpha value is -2.43. The van der Waals surface area contributed by atoms with E-state index in [9.17, 15) is 4.79 Å². The van der Waals surface area contributed by atoms with Gasteiger partial charge in [0.2, 0.25) is 0 Å². The van der Waals surface area contributed by atoms with Crippen molar-refractivity contribution < 1.29 is 9.53 Å². The predicted molar refractivity (Wildman–Crippen MR) is 159 cm³/mol. The van der Waals surface area contributed by atoms with Crippen LogP contribution in [-0.2, 0) is 11.8 Å². The van der Waals surface area contributed by atoms with Crippen molar-refractivity contribution in [3.8, 4) is 5.75 Å². The molecule has 0 aromatic heterocycles. The van der Waals surface area contributed by atoms with Crippen LogP contribution in [0.4, 0.5) is 0 Å². The zero-order valence-corrected chi connectivity index (χ0v) is 24.8. The maximum absolute atomic E-state index is 14.3. The minimum atomic E-state index is -0.253. The highest BCUT2D eigenvalue weighted by molar-refractivity contribution is 6.32. The van der Waals surface area contributed by atoms with Gasteiger partial charge in [0.25, 0.3) is 0 Å². The fourth-order valence-corrected chi connectivity index (χ4v) is 6.67. The molecule has 4 heteroatoms. The molecule has 2 aliphatic carbocycles. The van der Waals surface area contributed by atoms with Crippen molar-refractivity contribution >= 4 is 11.4 Å². The van der Waals surface area contributed by atoms with Crippen LogP contribution in [0.2, 0.25) is 0 Å². The summed E-state index contributed by atoms with van der Waals surface area (Å²) in [5.41, 5.74) is 7.75. The number of Topliss-reactive ketones (excluding diaryl/α,β-unsaturated/α-hetero) is 1. The number of allylic oxidation sites excluding steroid dienone is 2. The molecule has 0 spiro atoms. The number of ketones is 1. The average molecular weight is 517 g/mol. The SMILES string of the molecule is CCN(CC)CCOc1ccc2c(c1)C(C)(C)C1=C(C2=O)c2ccc(C)cc2CCC1CCN(CC)CC. The number of ether oxygens (including phenoxy) is 1. The van der Waals surface area contributed by atoms with Crippen molar-refractivity contribution in [2.75, 3.05) is 45.9 Å². The number of likely N-dealkylation sites (N-methyl/N-ethyl adjacent to an activating group) is 1. The third kappa shape index (κ3) is 5.62. The van der Waals surface area contributed by atoms with Crippen LogP contribution in [0, 0.1) is 12.8 Å². The second-order valence-electron chi connectivity index (χ2n) is 11.5. The molecule has 2 aliphatic rings. The molecular formula is C34H48N2O2. The molecule has 0 amide bonds. The first-order valence-corrected chi connectivity index (χ1v) is 14.9. The molecule has 0 saturated heterocycles. The number of fused-ring (bicyclic) bond motifs is 3. The van der Waals surface area contributed by atoms with Crippen LogP contribution < -0.4 is 4.74 Å². The number of carbonyl (C=O) groups is 1. The molecule has 1 unspecified atom stereocenters. The number of aryl methyl sites for hydroxylation is 2. The van der Waals surface area contributed by atoms with E-state index in [0.29, 0.717) is 12.5 Å². The van der Waals surface area contributed by atoms with Crippen LogP contribution in [-0.4, -0.2) is 61.5 Å². The van der Waals surface area contributed by atoms with E-state index in [0.717, 1.165) is 86.5 Å². The Morgan fingerprint density at radius 1 is 0.895 bits per heavy atom. The summed E-state index contributed by atoms with van der Waals surface area (Å²) in [5.74, 6) is 1.42. The van der Waals surface area contributed by atoms with Crippen molar-refractivity contribution in [1.29, 1.82) is 0 Å². The molecule has 0 radical (unpaired) electrons. The van der Waals surface area contributed by atoms with Crippen LogP contribution in [0.5, 0.6) is 5.75 Å². The van der Waals surface area contributed by atoms with Gasteiger partial charge >= 0.3 is 0 Å². The predicted octanol–water partition coefficient (Wildman–Crippen LogP) is 6.94. The lowest BCUT2D eigenvalue weighted by atomic mass is 9.63. The quantitative estimate of drug-likeness (QED) is 0.324.